The minimum atomic E-state index is -0.907. The maximum atomic E-state index is 11.1. The number of rotatable bonds is 5. The maximum Gasteiger partial charge on any atom is 0.336 e. The van der Waals surface area contributed by atoms with Gasteiger partial charge in [0.05, 0.1) is 5.56 Å². The van der Waals surface area contributed by atoms with Crippen LogP contribution in [0.25, 0.3) is 0 Å². The SMILES string of the molecule is Cl.O=C(O)c1ccccc1CNCc1ccc2c(c1)OCO2. The smallest absolute Gasteiger partial charge is 0.336 e. The van der Waals surface area contributed by atoms with Crippen LogP contribution in [-0.4, -0.2) is 17.9 Å². The topological polar surface area (TPSA) is 67.8 Å². The third kappa shape index (κ3) is 3.50. The third-order valence-corrected chi connectivity index (χ3v) is 3.33. The number of ether oxygens (including phenoxy) is 2. The summed E-state index contributed by atoms with van der Waals surface area (Å²) in [5, 5.41) is 12.4. The Kier molecular flexibility index (Phi) is 5.25. The van der Waals surface area contributed by atoms with E-state index in [0.717, 1.165) is 22.6 Å². The molecule has 2 aromatic rings. The van der Waals surface area contributed by atoms with Crippen molar-refractivity contribution in [3.8, 4) is 11.5 Å². The van der Waals surface area contributed by atoms with Gasteiger partial charge in [-0.3, -0.25) is 0 Å². The summed E-state index contributed by atoms with van der Waals surface area (Å²) in [4.78, 5) is 11.1. The maximum absolute atomic E-state index is 11.1. The Bertz CT molecular complexity index is 675. The number of halogens is 1. The fraction of sp³-hybridized carbons (Fsp3) is 0.188. The van der Waals surface area contributed by atoms with Gasteiger partial charge in [-0.2, -0.15) is 0 Å². The van der Waals surface area contributed by atoms with Gasteiger partial charge >= 0.3 is 5.97 Å². The van der Waals surface area contributed by atoms with Gasteiger partial charge in [-0.05, 0) is 29.3 Å². The Labute approximate surface area is 134 Å². The summed E-state index contributed by atoms with van der Waals surface area (Å²) in [6.45, 7) is 1.39. The van der Waals surface area contributed by atoms with Crippen molar-refractivity contribution in [3.63, 3.8) is 0 Å². The highest BCUT2D eigenvalue weighted by molar-refractivity contribution is 5.89. The summed E-state index contributed by atoms with van der Waals surface area (Å²) in [5.41, 5.74) is 2.16. The average Bonchev–Trinajstić information content (AvgIpc) is 2.95. The minimum absolute atomic E-state index is 0. The molecule has 1 aliphatic heterocycles. The number of aromatic carboxylic acids is 1. The van der Waals surface area contributed by atoms with Gasteiger partial charge in [0.25, 0.3) is 0 Å². The first kappa shape index (κ1) is 16.1. The number of hydrogen-bond acceptors (Lipinski definition) is 4. The molecule has 0 spiro atoms. The van der Waals surface area contributed by atoms with E-state index in [1.807, 2.05) is 30.3 Å². The van der Waals surface area contributed by atoms with Gasteiger partial charge in [0.1, 0.15) is 0 Å². The zero-order chi connectivity index (χ0) is 14.7. The highest BCUT2D eigenvalue weighted by Gasteiger charge is 2.13. The summed E-state index contributed by atoms with van der Waals surface area (Å²) >= 11 is 0. The Morgan fingerprint density at radius 3 is 2.68 bits per heavy atom. The molecule has 0 fully saturated rings. The Balaban J connectivity index is 0.00000176. The van der Waals surface area contributed by atoms with Crippen LogP contribution < -0.4 is 14.8 Å². The molecule has 0 atom stereocenters. The van der Waals surface area contributed by atoms with Crippen molar-refractivity contribution in [3.05, 3.63) is 59.2 Å². The van der Waals surface area contributed by atoms with Crippen LogP contribution in [0.3, 0.4) is 0 Å². The quantitative estimate of drug-likeness (QED) is 0.886. The molecule has 116 valence electrons. The molecule has 0 bridgehead atoms. The predicted octanol–water partition coefficient (Wildman–Crippen LogP) is 2.83. The molecule has 0 unspecified atom stereocenters. The molecule has 2 N–H and O–H groups in total. The molecule has 0 amide bonds. The van der Waals surface area contributed by atoms with E-state index in [-0.39, 0.29) is 19.2 Å². The predicted molar refractivity (Wildman–Crippen MR) is 83.8 cm³/mol. The zero-order valence-corrected chi connectivity index (χ0v) is 12.6. The lowest BCUT2D eigenvalue weighted by molar-refractivity contribution is 0.0695. The highest BCUT2D eigenvalue weighted by Crippen LogP contribution is 2.32. The highest BCUT2D eigenvalue weighted by atomic mass is 35.5. The second-order valence-electron chi connectivity index (χ2n) is 4.75. The number of hydrogen-bond donors (Lipinski definition) is 2. The van der Waals surface area contributed by atoms with Crippen LogP contribution in [-0.2, 0) is 13.1 Å². The molecule has 0 aliphatic carbocycles. The third-order valence-electron chi connectivity index (χ3n) is 3.33. The molecule has 0 aromatic heterocycles. The van der Waals surface area contributed by atoms with Gasteiger partial charge < -0.3 is 19.9 Å². The fourth-order valence-electron chi connectivity index (χ4n) is 2.28. The molecule has 0 radical (unpaired) electrons. The van der Waals surface area contributed by atoms with Crippen LogP contribution in [0.4, 0.5) is 0 Å². The van der Waals surface area contributed by atoms with Crippen LogP contribution in [0.15, 0.2) is 42.5 Å². The molecule has 0 saturated heterocycles. The number of benzene rings is 2. The molecule has 6 heteroatoms. The van der Waals surface area contributed by atoms with E-state index in [4.69, 9.17) is 14.6 Å². The first-order valence-corrected chi connectivity index (χ1v) is 6.64. The fourth-order valence-corrected chi connectivity index (χ4v) is 2.28. The van der Waals surface area contributed by atoms with Gasteiger partial charge in [0.2, 0.25) is 6.79 Å². The van der Waals surface area contributed by atoms with E-state index >= 15 is 0 Å². The number of carbonyl (C=O) groups is 1. The summed E-state index contributed by atoms with van der Waals surface area (Å²) in [6.07, 6.45) is 0. The van der Waals surface area contributed by atoms with E-state index in [1.54, 1.807) is 12.1 Å². The molecule has 0 saturated carbocycles. The van der Waals surface area contributed by atoms with Crippen molar-refractivity contribution in [2.75, 3.05) is 6.79 Å². The molecule has 5 nitrogen and oxygen atoms in total. The summed E-state index contributed by atoms with van der Waals surface area (Å²) in [5.74, 6) is 0.602. The summed E-state index contributed by atoms with van der Waals surface area (Å²) < 4.78 is 10.6. The summed E-state index contributed by atoms with van der Waals surface area (Å²) in [7, 11) is 0. The second kappa shape index (κ2) is 7.15. The molecule has 22 heavy (non-hydrogen) atoms. The van der Waals surface area contributed by atoms with Crippen molar-refractivity contribution >= 4 is 18.4 Å². The van der Waals surface area contributed by atoms with Crippen LogP contribution in [0, 0.1) is 0 Å². The number of fused-ring (bicyclic) bond motifs is 1. The van der Waals surface area contributed by atoms with E-state index in [0.29, 0.717) is 18.7 Å². The lowest BCUT2D eigenvalue weighted by atomic mass is 10.1. The molecule has 1 aliphatic rings. The van der Waals surface area contributed by atoms with Crippen LogP contribution in [0.2, 0.25) is 0 Å². The first-order chi connectivity index (χ1) is 10.2. The van der Waals surface area contributed by atoms with Crippen molar-refractivity contribution in [1.82, 2.24) is 5.32 Å². The van der Waals surface area contributed by atoms with Gasteiger partial charge in [-0.1, -0.05) is 24.3 Å². The van der Waals surface area contributed by atoms with E-state index < -0.39 is 5.97 Å². The molecular weight excluding hydrogens is 306 g/mol. The van der Waals surface area contributed by atoms with Crippen LogP contribution in [0.5, 0.6) is 11.5 Å². The minimum Gasteiger partial charge on any atom is -0.478 e. The Morgan fingerprint density at radius 1 is 1.09 bits per heavy atom. The lowest BCUT2D eigenvalue weighted by Gasteiger charge is -2.08. The lowest BCUT2D eigenvalue weighted by Crippen LogP contribution is -2.15. The number of nitrogens with one attached hydrogen (secondary N) is 1. The first-order valence-electron chi connectivity index (χ1n) is 6.64. The van der Waals surface area contributed by atoms with E-state index in [1.165, 1.54) is 0 Å². The molecule has 2 aromatic carbocycles. The largest absolute Gasteiger partial charge is 0.478 e. The van der Waals surface area contributed by atoms with Gasteiger partial charge in [-0.15, -0.1) is 12.4 Å². The van der Waals surface area contributed by atoms with Gasteiger partial charge in [0, 0.05) is 13.1 Å². The Morgan fingerprint density at radius 2 is 1.86 bits per heavy atom. The van der Waals surface area contributed by atoms with E-state index in [9.17, 15) is 4.79 Å². The van der Waals surface area contributed by atoms with Crippen molar-refractivity contribution in [2.45, 2.75) is 13.1 Å². The molecular formula is C16H16ClNO4. The molecule has 1 heterocycles. The van der Waals surface area contributed by atoms with E-state index in [2.05, 4.69) is 5.32 Å². The van der Waals surface area contributed by atoms with Crippen molar-refractivity contribution in [1.29, 1.82) is 0 Å². The van der Waals surface area contributed by atoms with Crippen molar-refractivity contribution < 1.29 is 19.4 Å². The standard InChI is InChI=1S/C16H15NO4.ClH/c18-16(19)13-4-2-1-3-12(13)9-17-8-11-5-6-14-15(7-11)21-10-20-14;/h1-7,17H,8-10H2,(H,18,19);1H. The monoisotopic (exact) mass is 321 g/mol. The number of carboxylic acids is 1. The summed E-state index contributed by atoms with van der Waals surface area (Å²) in [6, 6.07) is 12.8. The average molecular weight is 322 g/mol. The van der Waals surface area contributed by atoms with Crippen molar-refractivity contribution in [2.24, 2.45) is 0 Å². The zero-order valence-electron chi connectivity index (χ0n) is 11.7. The second-order valence-corrected chi connectivity index (χ2v) is 4.75. The van der Waals surface area contributed by atoms with Gasteiger partial charge in [0.15, 0.2) is 11.5 Å². The normalized spacial score (nSPS) is 11.8. The van der Waals surface area contributed by atoms with Gasteiger partial charge in [-0.25, -0.2) is 4.79 Å². The Hall–Kier alpha value is -2.24. The number of carboxylic acid groups (broad SMARTS) is 1. The van der Waals surface area contributed by atoms with Crippen LogP contribution in [0.1, 0.15) is 21.5 Å². The van der Waals surface area contributed by atoms with Crippen LogP contribution >= 0.6 is 12.4 Å². The molecule has 3 rings (SSSR count).